The Balaban J connectivity index is 2.13. The van der Waals surface area contributed by atoms with Gasteiger partial charge in [-0.25, -0.2) is 0 Å². The van der Waals surface area contributed by atoms with Crippen LogP contribution in [0, 0.1) is 11.8 Å². The molecule has 20 heavy (non-hydrogen) atoms. The summed E-state index contributed by atoms with van der Waals surface area (Å²) in [5.41, 5.74) is 0.990. The predicted molar refractivity (Wildman–Crippen MR) is 79.0 cm³/mol. The molecule has 0 amide bonds. The SMILES string of the molecule is CCOC(=O)CCCC(O)CCC#Cc1ccccc1. The highest BCUT2D eigenvalue weighted by atomic mass is 16.5. The standard InChI is InChI=1S/C17H22O3/c1-2-20-17(19)14-8-13-16(18)12-7-6-11-15-9-4-3-5-10-15/h3-5,9-10,16,18H,2,7-8,12-14H2,1H3. The summed E-state index contributed by atoms with van der Waals surface area (Å²) >= 11 is 0. The lowest BCUT2D eigenvalue weighted by Crippen LogP contribution is -2.09. The summed E-state index contributed by atoms with van der Waals surface area (Å²) in [6.45, 7) is 2.20. The van der Waals surface area contributed by atoms with Crippen molar-refractivity contribution >= 4 is 5.97 Å². The van der Waals surface area contributed by atoms with Gasteiger partial charge in [-0.15, -0.1) is 0 Å². The highest BCUT2D eigenvalue weighted by Gasteiger charge is 2.06. The summed E-state index contributed by atoms with van der Waals surface area (Å²) in [5, 5.41) is 9.77. The van der Waals surface area contributed by atoms with E-state index in [0.717, 1.165) is 5.56 Å². The van der Waals surface area contributed by atoms with Crippen LogP contribution in [-0.2, 0) is 9.53 Å². The maximum absolute atomic E-state index is 11.1. The first-order valence-corrected chi connectivity index (χ1v) is 7.10. The van der Waals surface area contributed by atoms with Crippen molar-refractivity contribution in [3.05, 3.63) is 35.9 Å². The lowest BCUT2D eigenvalue weighted by atomic mass is 10.1. The highest BCUT2D eigenvalue weighted by molar-refractivity contribution is 5.69. The number of hydrogen-bond acceptors (Lipinski definition) is 3. The van der Waals surface area contributed by atoms with Crippen LogP contribution in [0.5, 0.6) is 0 Å². The second-order valence-corrected chi connectivity index (χ2v) is 4.56. The molecule has 0 aromatic heterocycles. The van der Waals surface area contributed by atoms with Gasteiger partial charge in [0.15, 0.2) is 0 Å². The van der Waals surface area contributed by atoms with Gasteiger partial charge in [0.05, 0.1) is 12.7 Å². The van der Waals surface area contributed by atoms with Crippen molar-refractivity contribution in [2.45, 2.75) is 45.1 Å². The van der Waals surface area contributed by atoms with E-state index in [1.165, 1.54) is 0 Å². The fourth-order valence-electron chi connectivity index (χ4n) is 1.78. The first-order valence-electron chi connectivity index (χ1n) is 7.10. The molecule has 0 bridgehead atoms. The number of benzene rings is 1. The minimum atomic E-state index is -0.394. The molecule has 0 aliphatic rings. The third-order valence-corrected chi connectivity index (χ3v) is 2.83. The minimum absolute atomic E-state index is 0.191. The van der Waals surface area contributed by atoms with Crippen molar-refractivity contribution in [3.8, 4) is 11.8 Å². The average molecular weight is 274 g/mol. The molecule has 1 N–H and O–H groups in total. The molecule has 0 aliphatic heterocycles. The Morgan fingerprint density at radius 1 is 1.30 bits per heavy atom. The monoisotopic (exact) mass is 274 g/mol. The van der Waals surface area contributed by atoms with Crippen LogP contribution in [-0.4, -0.2) is 23.8 Å². The van der Waals surface area contributed by atoms with Gasteiger partial charge in [-0.05, 0) is 38.3 Å². The van der Waals surface area contributed by atoms with E-state index in [1.54, 1.807) is 6.92 Å². The molecule has 1 aromatic carbocycles. The van der Waals surface area contributed by atoms with Gasteiger partial charge < -0.3 is 9.84 Å². The van der Waals surface area contributed by atoms with Gasteiger partial charge in [-0.1, -0.05) is 30.0 Å². The van der Waals surface area contributed by atoms with Crippen molar-refractivity contribution in [1.29, 1.82) is 0 Å². The molecule has 0 saturated carbocycles. The molecule has 0 saturated heterocycles. The number of esters is 1. The van der Waals surface area contributed by atoms with Crippen molar-refractivity contribution in [2.75, 3.05) is 6.61 Å². The molecule has 3 nitrogen and oxygen atoms in total. The molecule has 3 heteroatoms. The van der Waals surface area contributed by atoms with Crippen LogP contribution in [0.3, 0.4) is 0 Å². The first-order chi connectivity index (χ1) is 9.72. The summed E-state index contributed by atoms with van der Waals surface area (Å²) in [6.07, 6.45) is 2.56. The summed E-state index contributed by atoms with van der Waals surface area (Å²) in [6, 6.07) is 9.78. The zero-order chi connectivity index (χ0) is 14.6. The molecule has 0 fully saturated rings. The molecule has 1 atom stereocenters. The van der Waals surface area contributed by atoms with Crippen LogP contribution in [0.1, 0.15) is 44.6 Å². The number of carbonyl (C=O) groups is 1. The molecule has 0 radical (unpaired) electrons. The number of rotatable bonds is 7. The molecular weight excluding hydrogens is 252 g/mol. The summed E-state index contributed by atoms with van der Waals surface area (Å²) in [4.78, 5) is 11.1. The summed E-state index contributed by atoms with van der Waals surface area (Å²) in [5.74, 6) is 5.92. The van der Waals surface area contributed by atoms with E-state index in [9.17, 15) is 9.90 Å². The van der Waals surface area contributed by atoms with Gasteiger partial charge in [-0.2, -0.15) is 0 Å². The molecule has 0 spiro atoms. The largest absolute Gasteiger partial charge is 0.466 e. The maximum atomic E-state index is 11.1. The van der Waals surface area contributed by atoms with Gasteiger partial charge in [0.25, 0.3) is 0 Å². The Labute approximate surface area is 121 Å². The second-order valence-electron chi connectivity index (χ2n) is 4.56. The molecule has 0 heterocycles. The lowest BCUT2D eigenvalue weighted by Gasteiger charge is -2.07. The Kier molecular flexibility index (Phi) is 8.17. The van der Waals surface area contributed by atoms with Crippen LogP contribution in [0.2, 0.25) is 0 Å². The maximum Gasteiger partial charge on any atom is 0.305 e. The fraction of sp³-hybridized carbons (Fsp3) is 0.471. The normalized spacial score (nSPS) is 11.3. The molecule has 1 unspecified atom stereocenters. The Morgan fingerprint density at radius 2 is 2.05 bits per heavy atom. The molecule has 108 valence electrons. The van der Waals surface area contributed by atoms with Crippen molar-refractivity contribution in [3.63, 3.8) is 0 Å². The summed E-state index contributed by atoms with van der Waals surface area (Å²) in [7, 11) is 0. The van der Waals surface area contributed by atoms with Crippen LogP contribution in [0.25, 0.3) is 0 Å². The van der Waals surface area contributed by atoms with Crippen LogP contribution < -0.4 is 0 Å². The van der Waals surface area contributed by atoms with E-state index in [1.807, 2.05) is 30.3 Å². The van der Waals surface area contributed by atoms with Crippen LogP contribution in [0.4, 0.5) is 0 Å². The van der Waals surface area contributed by atoms with E-state index < -0.39 is 6.10 Å². The Hall–Kier alpha value is -1.79. The van der Waals surface area contributed by atoms with E-state index in [0.29, 0.717) is 38.7 Å². The van der Waals surface area contributed by atoms with Crippen molar-refractivity contribution < 1.29 is 14.6 Å². The number of carbonyl (C=O) groups excluding carboxylic acids is 1. The number of hydrogen-bond donors (Lipinski definition) is 1. The lowest BCUT2D eigenvalue weighted by molar-refractivity contribution is -0.143. The van der Waals surface area contributed by atoms with E-state index in [2.05, 4.69) is 11.8 Å². The van der Waals surface area contributed by atoms with Gasteiger partial charge in [-0.3, -0.25) is 4.79 Å². The third-order valence-electron chi connectivity index (χ3n) is 2.83. The van der Waals surface area contributed by atoms with Gasteiger partial charge in [0.1, 0.15) is 0 Å². The van der Waals surface area contributed by atoms with Gasteiger partial charge in [0, 0.05) is 18.4 Å². The third kappa shape index (κ3) is 7.60. The second kappa shape index (κ2) is 10.1. The van der Waals surface area contributed by atoms with E-state index in [-0.39, 0.29) is 5.97 Å². The molecule has 1 aromatic rings. The number of aliphatic hydroxyl groups excluding tert-OH is 1. The highest BCUT2D eigenvalue weighted by Crippen LogP contribution is 2.07. The van der Waals surface area contributed by atoms with Crippen LogP contribution >= 0.6 is 0 Å². The van der Waals surface area contributed by atoms with Gasteiger partial charge in [0.2, 0.25) is 0 Å². The first kappa shape index (κ1) is 16.3. The molecular formula is C17H22O3. The molecule has 0 aliphatic carbocycles. The molecule has 1 rings (SSSR count). The number of aliphatic hydroxyl groups is 1. The fourth-order valence-corrected chi connectivity index (χ4v) is 1.78. The smallest absolute Gasteiger partial charge is 0.305 e. The van der Waals surface area contributed by atoms with E-state index in [4.69, 9.17) is 4.74 Å². The quantitative estimate of drug-likeness (QED) is 0.614. The van der Waals surface area contributed by atoms with Gasteiger partial charge >= 0.3 is 5.97 Å². The zero-order valence-electron chi connectivity index (χ0n) is 12.0. The Bertz CT molecular complexity index is 442. The average Bonchev–Trinajstić information content (AvgIpc) is 2.45. The van der Waals surface area contributed by atoms with E-state index >= 15 is 0 Å². The zero-order valence-corrected chi connectivity index (χ0v) is 12.0. The number of ether oxygens (including phenoxy) is 1. The van der Waals surface area contributed by atoms with Crippen molar-refractivity contribution in [1.82, 2.24) is 0 Å². The topological polar surface area (TPSA) is 46.5 Å². The van der Waals surface area contributed by atoms with Crippen LogP contribution in [0.15, 0.2) is 30.3 Å². The minimum Gasteiger partial charge on any atom is -0.466 e. The predicted octanol–water partition coefficient (Wildman–Crippen LogP) is 2.91. The van der Waals surface area contributed by atoms with Crippen molar-refractivity contribution in [2.24, 2.45) is 0 Å². The Morgan fingerprint density at radius 3 is 2.75 bits per heavy atom. The summed E-state index contributed by atoms with van der Waals surface area (Å²) < 4.78 is 4.83.